The number of hydrogen-bond donors (Lipinski definition) is 7. The Morgan fingerprint density at radius 1 is 1.14 bits per heavy atom. The second kappa shape index (κ2) is 9.45. The number of phosphoric ester groups is 1. The van der Waals surface area contributed by atoms with Crippen molar-refractivity contribution in [3.63, 3.8) is 0 Å². The van der Waals surface area contributed by atoms with E-state index in [4.69, 9.17) is 9.79 Å². The van der Waals surface area contributed by atoms with Crippen molar-refractivity contribution in [2.75, 3.05) is 6.61 Å². The summed E-state index contributed by atoms with van der Waals surface area (Å²) in [6.07, 6.45) is -5.92. The lowest BCUT2D eigenvalue weighted by molar-refractivity contribution is -0.479. The summed E-state index contributed by atoms with van der Waals surface area (Å²) in [6.45, 7) is 1.54. The molecule has 2 aliphatic heterocycles. The molecule has 0 aromatic heterocycles. The second-order valence-corrected chi connectivity index (χ2v) is 10.2. The van der Waals surface area contributed by atoms with Crippen LogP contribution in [0.5, 0.6) is 0 Å². The molecule has 35 heavy (non-hydrogen) atoms. The van der Waals surface area contributed by atoms with Crippen LogP contribution in [0.3, 0.4) is 0 Å². The normalized spacial score (nSPS) is 15.4. The number of aliphatic hydroxyl groups is 3. The number of phosphoric acid groups is 1. The predicted octanol–water partition coefficient (Wildman–Crippen LogP) is -3.06. The fraction of sp³-hybridized carbons (Fsp3) is 0.412. The molecular formula is C17H22N4O12PS+. The largest absolute Gasteiger partial charge is 0.512 e. The molecule has 0 spiro atoms. The van der Waals surface area contributed by atoms with E-state index in [2.05, 4.69) is 9.51 Å². The third-order valence-corrected chi connectivity index (χ3v) is 6.54. The Hall–Kier alpha value is -2.60. The summed E-state index contributed by atoms with van der Waals surface area (Å²) < 4.78 is 50.6. The standard InChI is InChI=1S/C17H21N4O12PS/c1-7-3-9-10(4-8(7)2)21(35(30,31)32)13-15(18-17(26)19-16(13)25)20(9)5-11(22)14(24)12(23)6-33-34(27,28)29/h3-4,11-12,14,22-24H,5-6H2,1-2H3,(H3-,19,25,26,27,28,29,30,31,32)/p+1. The molecule has 2 heterocycles. The van der Waals surface area contributed by atoms with Crippen LogP contribution < -0.4 is 15.2 Å². The molecule has 0 aliphatic carbocycles. The summed E-state index contributed by atoms with van der Waals surface area (Å²) in [4.78, 5) is 47.4. The number of hydrogen-bond acceptors (Lipinski definition) is 10. The van der Waals surface area contributed by atoms with Crippen molar-refractivity contribution in [1.82, 2.24) is 14.5 Å². The van der Waals surface area contributed by atoms with E-state index in [-0.39, 0.29) is 15.0 Å². The van der Waals surface area contributed by atoms with Gasteiger partial charge in [0.05, 0.1) is 13.2 Å². The highest BCUT2D eigenvalue weighted by molar-refractivity contribution is 7.79. The van der Waals surface area contributed by atoms with Crippen molar-refractivity contribution in [3.05, 3.63) is 44.1 Å². The number of rotatable bonds is 8. The maximum atomic E-state index is 12.6. The van der Waals surface area contributed by atoms with Gasteiger partial charge in [0.2, 0.25) is 5.82 Å². The molecule has 192 valence electrons. The highest BCUT2D eigenvalue weighted by Gasteiger charge is 2.39. The molecule has 0 fully saturated rings. The smallest absolute Gasteiger partial charge is 0.388 e. The topological polar surface area (TPSA) is 253 Å². The summed E-state index contributed by atoms with van der Waals surface area (Å²) in [5, 5.41) is 30.7. The van der Waals surface area contributed by atoms with E-state index in [0.29, 0.717) is 11.1 Å². The third-order valence-electron chi connectivity index (χ3n) is 5.22. The molecule has 3 rings (SSSR count). The summed E-state index contributed by atoms with van der Waals surface area (Å²) >= 11 is 0. The van der Waals surface area contributed by atoms with Crippen molar-refractivity contribution in [2.45, 2.75) is 38.7 Å². The van der Waals surface area contributed by atoms with Crippen molar-refractivity contribution in [1.29, 1.82) is 0 Å². The molecule has 0 bridgehead atoms. The second-order valence-electron chi connectivity index (χ2n) is 7.73. The molecule has 16 nitrogen and oxygen atoms in total. The summed E-state index contributed by atoms with van der Waals surface area (Å²) in [5.41, 5.74) is -2.29. The first kappa shape index (κ1) is 27.0. The summed E-state index contributed by atoms with van der Waals surface area (Å²) in [5.74, 6) is -0.584. The number of aromatic nitrogens is 4. The van der Waals surface area contributed by atoms with Gasteiger partial charge in [-0.05, 0) is 35.0 Å². The lowest BCUT2D eigenvalue weighted by atomic mass is 10.1. The number of aromatic amines is 1. The number of aliphatic hydroxyl groups excluding tert-OH is 3. The average molecular weight is 537 g/mol. The zero-order valence-corrected chi connectivity index (χ0v) is 19.8. The molecule has 0 saturated heterocycles. The van der Waals surface area contributed by atoms with Crippen molar-refractivity contribution < 1.29 is 51.1 Å². The minimum absolute atomic E-state index is 0.0390. The number of nitrogens with zero attached hydrogens (tertiary/aromatic N) is 3. The zero-order chi connectivity index (χ0) is 26.5. The SMILES string of the molecule is Cc1cc2c(cc1C)[n+](S(=O)(=O)O)c1c(=O)[nH]c(=O)nc-1n2CC(O)C(O)C(O)COP(=O)(O)O. The molecule has 18 heteroatoms. The maximum absolute atomic E-state index is 12.6. The fourth-order valence-electron chi connectivity index (χ4n) is 3.45. The Labute approximate surface area is 196 Å². The minimum atomic E-state index is -5.12. The van der Waals surface area contributed by atoms with Gasteiger partial charge in [0, 0.05) is 6.07 Å². The van der Waals surface area contributed by atoms with Gasteiger partial charge in [-0.3, -0.25) is 14.3 Å². The predicted molar refractivity (Wildman–Crippen MR) is 116 cm³/mol. The van der Waals surface area contributed by atoms with Gasteiger partial charge in [-0.1, -0.05) is 0 Å². The van der Waals surface area contributed by atoms with Crippen LogP contribution in [0, 0.1) is 13.8 Å². The van der Waals surface area contributed by atoms with E-state index in [9.17, 15) is 42.4 Å². The number of aryl methyl sites for hydroxylation is 2. The third kappa shape index (κ3) is 5.64. The lowest BCUT2D eigenvalue weighted by Gasteiger charge is -2.25. The average Bonchev–Trinajstić information content (AvgIpc) is 2.71. The number of H-pyrrole nitrogens is 1. The van der Waals surface area contributed by atoms with Crippen molar-refractivity contribution in [3.8, 4) is 11.5 Å². The van der Waals surface area contributed by atoms with Crippen LogP contribution in [0.4, 0.5) is 0 Å². The number of nitrogens with one attached hydrogen (secondary N) is 1. The van der Waals surface area contributed by atoms with E-state index >= 15 is 0 Å². The maximum Gasteiger partial charge on any atom is 0.512 e. The van der Waals surface area contributed by atoms with Gasteiger partial charge < -0.3 is 29.7 Å². The minimum Gasteiger partial charge on any atom is -0.388 e. The van der Waals surface area contributed by atoms with Gasteiger partial charge in [0.15, 0.2) is 0 Å². The van der Waals surface area contributed by atoms with Gasteiger partial charge in [-0.25, -0.2) is 13.9 Å². The molecule has 0 saturated carbocycles. The van der Waals surface area contributed by atoms with E-state index in [0.717, 1.165) is 4.57 Å². The highest BCUT2D eigenvalue weighted by atomic mass is 32.2. The molecule has 7 N–H and O–H groups in total. The molecular weight excluding hydrogens is 515 g/mol. The van der Waals surface area contributed by atoms with Gasteiger partial charge in [0.25, 0.3) is 5.52 Å². The quantitative estimate of drug-likeness (QED) is 0.0653. The molecule has 0 radical (unpaired) electrons. The van der Waals surface area contributed by atoms with Crippen LogP contribution in [0.25, 0.3) is 22.6 Å². The molecule has 3 unspecified atom stereocenters. The van der Waals surface area contributed by atoms with Crippen molar-refractivity contribution in [2.24, 2.45) is 0 Å². The molecule has 0 amide bonds. The van der Waals surface area contributed by atoms with E-state index < -0.39 is 72.4 Å². The fourth-order valence-corrected chi connectivity index (χ4v) is 4.59. The Morgan fingerprint density at radius 3 is 2.31 bits per heavy atom. The Balaban J connectivity index is 2.27. The van der Waals surface area contributed by atoms with Crippen LogP contribution in [0.15, 0.2) is 21.7 Å². The molecule has 2 aliphatic rings. The number of benzene rings is 1. The van der Waals surface area contributed by atoms with E-state index in [1.54, 1.807) is 18.8 Å². The Morgan fingerprint density at radius 2 is 1.74 bits per heavy atom. The van der Waals surface area contributed by atoms with Gasteiger partial charge in [0.1, 0.15) is 23.8 Å². The number of fused-ring (bicyclic) bond motifs is 2. The first-order chi connectivity index (χ1) is 16.0. The van der Waals surface area contributed by atoms with Crippen LogP contribution in [0.2, 0.25) is 0 Å². The molecule has 3 atom stereocenters. The van der Waals surface area contributed by atoms with Crippen LogP contribution in [0.1, 0.15) is 11.1 Å². The van der Waals surface area contributed by atoms with Crippen LogP contribution >= 0.6 is 7.82 Å². The van der Waals surface area contributed by atoms with Gasteiger partial charge in [-0.2, -0.15) is 4.98 Å². The first-order valence-electron chi connectivity index (χ1n) is 9.73. The van der Waals surface area contributed by atoms with Crippen molar-refractivity contribution >= 4 is 29.2 Å². The Bertz CT molecular complexity index is 1530. The molecule has 1 aromatic rings. The molecule has 1 aromatic carbocycles. The Kier molecular flexibility index (Phi) is 7.29. The van der Waals surface area contributed by atoms with Crippen LogP contribution in [-0.2, 0) is 25.9 Å². The summed E-state index contributed by atoms with van der Waals surface area (Å²) in [7, 11) is -10.1. The van der Waals surface area contributed by atoms with Gasteiger partial charge in [-0.15, -0.1) is 8.42 Å². The first-order valence-corrected chi connectivity index (χ1v) is 12.7. The van der Waals surface area contributed by atoms with E-state index in [1.807, 2.05) is 0 Å². The summed E-state index contributed by atoms with van der Waals surface area (Å²) in [6, 6.07) is 2.75. The highest BCUT2D eigenvalue weighted by Crippen LogP contribution is 2.36. The zero-order valence-electron chi connectivity index (χ0n) is 18.1. The lowest BCUT2D eigenvalue weighted by Crippen LogP contribution is -2.52. The van der Waals surface area contributed by atoms with Crippen LogP contribution in [-0.4, -0.2) is 77.5 Å². The van der Waals surface area contributed by atoms with Gasteiger partial charge >= 0.3 is 35.1 Å². The van der Waals surface area contributed by atoms with E-state index in [1.165, 1.54) is 12.1 Å². The monoisotopic (exact) mass is 537 g/mol.